The van der Waals surface area contributed by atoms with E-state index in [0.29, 0.717) is 11.0 Å². The normalized spacial score (nSPS) is 12.7. The van der Waals surface area contributed by atoms with E-state index < -0.39 is 11.1 Å². The fraction of sp³-hybridized carbons (Fsp3) is 0.200. The van der Waals surface area contributed by atoms with Crippen molar-refractivity contribution >= 4 is 34.0 Å². The first kappa shape index (κ1) is 14.1. The predicted octanol–water partition coefficient (Wildman–Crippen LogP) is 3.17. The molecule has 2 N–H and O–H groups in total. The summed E-state index contributed by atoms with van der Waals surface area (Å²) in [6, 6.07) is 9.53. The Bertz CT molecular complexity index is 910. The summed E-state index contributed by atoms with van der Waals surface area (Å²) in [5.74, 6) is 0. The summed E-state index contributed by atoms with van der Waals surface area (Å²) in [6.07, 6.45) is 0.987. The number of benzene rings is 1. The minimum absolute atomic E-state index is 0.268. The summed E-state index contributed by atoms with van der Waals surface area (Å²) < 4.78 is 0. The Morgan fingerprint density at radius 2 is 1.81 bits per heavy atom. The molecule has 0 bridgehead atoms. The Hall–Kier alpha value is -1.85. The second-order valence-electron chi connectivity index (χ2n) is 4.73. The van der Waals surface area contributed by atoms with Crippen LogP contribution in [-0.4, -0.2) is 9.97 Å². The molecule has 0 radical (unpaired) electrons. The van der Waals surface area contributed by atoms with E-state index in [2.05, 4.69) is 23.0 Å². The standard InChI is InChI=1S/C15H13ClN2O2S/c1-2-9-4-6-12(21-9)13(16)8-3-5-10-11(7-8)18-15(20)14(19)17-10/h3-7,13H,2H2,1H3,(H,17,19)(H,18,20). The minimum atomic E-state index is -0.657. The number of thiophene rings is 1. The van der Waals surface area contributed by atoms with Gasteiger partial charge in [0, 0.05) is 9.75 Å². The predicted molar refractivity (Wildman–Crippen MR) is 86.6 cm³/mol. The monoisotopic (exact) mass is 320 g/mol. The molecule has 0 saturated carbocycles. The molecule has 4 nitrogen and oxygen atoms in total. The van der Waals surface area contributed by atoms with Gasteiger partial charge in [0.05, 0.1) is 16.4 Å². The molecule has 21 heavy (non-hydrogen) atoms. The highest BCUT2D eigenvalue weighted by molar-refractivity contribution is 7.12. The van der Waals surface area contributed by atoms with Crippen molar-refractivity contribution in [3.8, 4) is 0 Å². The highest BCUT2D eigenvalue weighted by Gasteiger charge is 2.14. The van der Waals surface area contributed by atoms with Crippen LogP contribution in [0, 0.1) is 0 Å². The van der Waals surface area contributed by atoms with Gasteiger partial charge >= 0.3 is 11.1 Å². The molecule has 0 saturated heterocycles. The number of halogens is 1. The summed E-state index contributed by atoms with van der Waals surface area (Å²) in [6.45, 7) is 2.11. The lowest BCUT2D eigenvalue weighted by Crippen LogP contribution is -2.28. The molecular formula is C15H13ClN2O2S. The van der Waals surface area contributed by atoms with Crippen molar-refractivity contribution in [3.63, 3.8) is 0 Å². The van der Waals surface area contributed by atoms with Crippen LogP contribution in [0.5, 0.6) is 0 Å². The smallest absolute Gasteiger partial charge is 0.314 e. The second kappa shape index (κ2) is 5.50. The number of aryl methyl sites for hydroxylation is 1. The Kier molecular flexibility index (Phi) is 3.69. The van der Waals surface area contributed by atoms with Gasteiger partial charge < -0.3 is 9.97 Å². The van der Waals surface area contributed by atoms with E-state index in [1.54, 1.807) is 23.5 Å². The van der Waals surface area contributed by atoms with Gasteiger partial charge in [-0.25, -0.2) is 0 Å². The Balaban J connectivity index is 2.05. The van der Waals surface area contributed by atoms with Gasteiger partial charge in [-0.3, -0.25) is 9.59 Å². The van der Waals surface area contributed by atoms with Crippen molar-refractivity contribution in [3.05, 3.63) is 66.4 Å². The number of H-pyrrole nitrogens is 2. The molecule has 0 amide bonds. The Morgan fingerprint density at radius 1 is 1.10 bits per heavy atom. The molecule has 0 fully saturated rings. The molecule has 3 rings (SSSR count). The zero-order valence-electron chi connectivity index (χ0n) is 11.3. The van der Waals surface area contributed by atoms with E-state index in [0.717, 1.165) is 16.9 Å². The van der Waals surface area contributed by atoms with Gasteiger partial charge in [-0.05, 0) is 36.2 Å². The molecule has 1 unspecified atom stereocenters. The third kappa shape index (κ3) is 2.66. The molecule has 0 aliphatic rings. The molecule has 2 heterocycles. The van der Waals surface area contributed by atoms with Crippen molar-refractivity contribution in [1.82, 2.24) is 9.97 Å². The summed E-state index contributed by atoms with van der Waals surface area (Å²) >= 11 is 8.20. The van der Waals surface area contributed by atoms with E-state index in [4.69, 9.17) is 11.6 Å². The number of alkyl halides is 1. The number of hydrogen-bond acceptors (Lipinski definition) is 3. The lowest BCUT2D eigenvalue weighted by atomic mass is 10.1. The second-order valence-corrected chi connectivity index (χ2v) is 6.37. The van der Waals surface area contributed by atoms with Crippen LogP contribution in [0.4, 0.5) is 0 Å². The average Bonchev–Trinajstić information content (AvgIpc) is 2.96. The van der Waals surface area contributed by atoms with Crippen LogP contribution < -0.4 is 11.1 Å². The first-order valence-electron chi connectivity index (χ1n) is 6.57. The first-order valence-corrected chi connectivity index (χ1v) is 7.82. The molecule has 0 aliphatic heterocycles. The fourth-order valence-electron chi connectivity index (χ4n) is 2.18. The van der Waals surface area contributed by atoms with E-state index in [-0.39, 0.29) is 5.38 Å². The molecular weight excluding hydrogens is 308 g/mol. The maximum absolute atomic E-state index is 11.4. The highest BCUT2D eigenvalue weighted by atomic mass is 35.5. The minimum Gasteiger partial charge on any atom is -0.316 e. The number of fused-ring (bicyclic) bond motifs is 1. The SMILES string of the molecule is CCc1ccc(C(Cl)c2ccc3[nH]c(=O)c(=O)[nH]c3c2)s1. The molecule has 6 heteroatoms. The summed E-state index contributed by atoms with van der Waals surface area (Å²) in [5, 5.41) is -0.268. The van der Waals surface area contributed by atoms with Crippen molar-refractivity contribution in [2.24, 2.45) is 0 Å². The van der Waals surface area contributed by atoms with Crippen LogP contribution in [0.25, 0.3) is 11.0 Å². The van der Waals surface area contributed by atoms with E-state index >= 15 is 0 Å². The first-order chi connectivity index (χ1) is 10.1. The zero-order valence-corrected chi connectivity index (χ0v) is 12.8. The number of aromatic nitrogens is 2. The Labute approximate surface area is 129 Å². The van der Waals surface area contributed by atoms with Gasteiger partial charge in [0.25, 0.3) is 0 Å². The third-order valence-electron chi connectivity index (χ3n) is 3.32. The van der Waals surface area contributed by atoms with Crippen molar-refractivity contribution in [2.45, 2.75) is 18.7 Å². The van der Waals surface area contributed by atoms with E-state index in [1.807, 2.05) is 12.1 Å². The molecule has 108 valence electrons. The molecule has 0 aliphatic carbocycles. The molecule has 0 spiro atoms. The molecule has 3 aromatic rings. The largest absolute Gasteiger partial charge is 0.316 e. The quantitative estimate of drug-likeness (QED) is 0.575. The van der Waals surface area contributed by atoms with Gasteiger partial charge in [0.1, 0.15) is 0 Å². The lowest BCUT2D eigenvalue weighted by Gasteiger charge is -2.08. The van der Waals surface area contributed by atoms with Gasteiger partial charge in [-0.2, -0.15) is 0 Å². The molecule has 2 aromatic heterocycles. The zero-order chi connectivity index (χ0) is 15.0. The molecule has 1 aromatic carbocycles. The summed E-state index contributed by atoms with van der Waals surface area (Å²) in [5.41, 5.74) is 0.748. The topological polar surface area (TPSA) is 65.7 Å². The van der Waals surface area contributed by atoms with Crippen LogP contribution in [0.1, 0.15) is 27.6 Å². The lowest BCUT2D eigenvalue weighted by molar-refractivity contribution is 1.13. The average molecular weight is 321 g/mol. The number of aromatic amines is 2. The number of nitrogens with one attached hydrogen (secondary N) is 2. The van der Waals surface area contributed by atoms with Gasteiger partial charge in [-0.1, -0.05) is 13.0 Å². The highest BCUT2D eigenvalue weighted by Crippen LogP contribution is 2.34. The van der Waals surface area contributed by atoms with Crippen LogP contribution in [0.15, 0.2) is 39.9 Å². The third-order valence-corrected chi connectivity index (χ3v) is 5.23. The van der Waals surface area contributed by atoms with Gasteiger partial charge in [-0.15, -0.1) is 22.9 Å². The van der Waals surface area contributed by atoms with Crippen LogP contribution in [0.3, 0.4) is 0 Å². The number of hydrogen-bond donors (Lipinski definition) is 2. The maximum Gasteiger partial charge on any atom is 0.314 e. The maximum atomic E-state index is 11.4. The van der Waals surface area contributed by atoms with E-state index in [9.17, 15) is 9.59 Å². The Morgan fingerprint density at radius 3 is 2.48 bits per heavy atom. The van der Waals surface area contributed by atoms with Crippen LogP contribution >= 0.6 is 22.9 Å². The number of rotatable bonds is 3. The van der Waals surface area contributed by atoms with Crippen molar-refractivity contribution in [2.75, 3.05) is 0 Å². The van der Waals surface area contributed by atoms with Crippen LogP contribution in [0.2, 0.25) is 0 Å². The summed E-state index contributed by atoms with van der Waals surface area (Å²) in [4.78, 5) is 30.1. The van der Waals surface area contributed by atoms with Crippen molar-refractivity contribution in [1.29, 1.82) is 0 Å². The van der Waals surface area contributed by atoms with Gasteiger partial charge in [0.2, 0.25) is 0 Å². The summed E-state index contributed by atoms with van der Waals surface area (Å²) in [7, 11) is 0. The molecule has 1 atom stereocenters. The van der Waals surface area contributed by atoms with Gasteiger partial charge in [0.15, 0.2) is 0 Å². The fourth-order valence-corrected chi connectivity index (χ4v) is 3.48. The van der Waals surface area contributed by atoms with Crippen molar-refractivity contribution < 1.29 is 0 Å². The van der Waals surface area contributed by atoms with E-state index in [1.165, 1.54) is 4.88 Å². The van der Waals surface area contributed by atoms with Crippen LogP contribution in [-0.2, 0) is 6.42 Å².